The van der Waals surface area contributed by atoms with Crippen LogP contribution in [0.4, 0.5) is 0 Å². The lowest BCUT2D eigenvalue weighted by Gasteiger charge is -2.34. The van der Waals surface area contributed by atoms with Gasteiger partial charge in [-0.2, -0.15) is 0 Å². The second kappa shape index (κ2) is 14.3. The average Bonchev–Trinajstić information content (AvgIpc) is 3.78. The van der Waals surface area contributed by atoms with Crippen molar-refractivity contribution in [2.45, 2.75) is 38.3 Å². The number of benzene rings is 5. The Morgan fingerprint density at radius 3 is 1.84 bits per heavy atom. The predicted octanol–water partition coefficient (Wildman–Crippen LogP) is 7.44. The van der Waals surface area contributed by atoms with Gasteiger partial charge in [-0.15, -0.1) is 15.0 Å². The van der Waals surface area contributed by atoms with E-state index >= 15 is 0 Å². The third-order valence-electron chi connectivity index (χ3n) is 9.44. The number of hydrogen-bond donors (Lipinski definition) is 1. The lowest BCUT2D eigenvalue weighted by atomic mass is 9.77. The van der Waals surface area contributed by atoms with E-state index in [1.807, 2.05) is 79.7 Å². The monoisotopic (exact) mass is 660 g/mol. The molecule has 0 radical (unpaired) electrons. The van der Waals surface area contributed by atoms with Crippen molar-refractivity contribution in [3.8, 4) is 22.5 Å². The molecule has 1 atom stereocenters. The Hall–Kier alpha value is -5.86. The van der Waals surface area contributed by atoms with E-state index in [-0.39, 0.29) is 12.0 Å². The first-order valence-electron chi connectivity index (χ1n) is 17.0. The Balaban J connectivity index is 1.26. The molecule has 1 aromatic heterocycles. The Kier molecular flexibility index (Phi) is 9.36. The zero-order chi connectivity index (χ0) is 34.5. The largest absolute Gasteiger partial charge is 0.466 e. The molecular weight excluding hydrogens is 621 g/mol. The minimum Gasteiger partial charge on any atom is -0.466 e. The van der Waals surface area contributed by atoms with E-state index in [0.29, 0.717) is 17.8 Å². The van der Waals surface area contributed by atoms with Crippen molar-refractivity contribution >= 4 is 5.97 Å². The summed E-state index contributed by atoms with van der Waals surface area (Å²) >= 11 is 0. The first kappa shape index (κ1) is 32.7. The summed E-state index contributed by atoms with van der Waals surface area (Å²) < 4.78 is 5.15. The molecule has 0 saturated carbocycles. The number of hydrogen-bond acceptors (Lipinski definition) is 7. The van der Waals surface area contributed by atoms with Gasteiger partial charge < -0.3 is 10.2 Å². The summed E-state index contributed by atoms with van der Waals surface area (Å²) in [5.74, 6) is 0.243. The second-order valence-corrected chi connectivity index (χ2v) is 12.5. The van der Waals surface area contributed by atoms with Crippen LogP contribution in [0.2, 0.25) is 0 Å². The molecule has 8 heteroatoms. The summed E-state index contributed by atoms with van der Waals surface area (Å²) in [6.07, 6.45) is 1.63. The fourth-order valence-electron chi connectivity index (χ4n) is 7.15. The number of rotatable bonds is 11. The molecule has 0 spiro atoms. The highest BCUT2D eigenvalue weighted by molar-refractivity contribution is 5.91. The molecule has 50 heavy (non-hydrogen) atoms. The number of carbonyl (C=O) groups is 1. The summed E-state index contributed by atoms with van der Waals surface area (Å²) in [4.78, 5) is 14.5. The van der Waals surface area contributed by atoms with E-state index in [4.69, 9.17) is 20.1 Å². The maximum absolute atomic E-state index is 12.7. The topological polar surface area (TPSA) is 85.2 Å². The molecule has 0 amide bonds. The lowest BCUT2D eigenvalue weighted by molar-refractivity contribution is -0.136. The molecule has 1 aliphatic rings. The Labute approximate surface area is 293 Å². The molecule has 5 aromatic carbocycles. The predicted molar refractivity (Wildman–Crippen MR) is 196 cm³/mol. The number of methoxy groups -OCH3 is 1. The van der Waals surface area contributed by atoms with Gasteiger partial charge in [-0.05, 0) is 58.4 Å². The van der Waals surface area contributed by atoms with Gasteiger partial charge in [0.05, 0.1) is 18.7 Å². The van der Waals surface area contributed by atoms with Crippen LogP contribution in [0, 0.1) is 0 Å². The molecular formula is C42H40N6O2. The molecule has 250 valence electrons. The average molecular weight is 661 g/mol. The Bertz CT molecular complexity index is 2000. The van der Waals surface area contributed by atoms with Gasteiger partial charge in [-0.25, -0.2) is 9.80 Å². The van der Waals surface area contributed by atoms with Gasteiger partial charge in [0.25, 0.3) is 0 Å². The van der Waals surface area contributed by atoms with Crippen LogP contribution in [0.5, 0.6) is 0 Å². The van der Waals surface area contributed by atoms with Crippen molar-refractivity contribution in [1.29, 1.82) is 0 Å². The quantitative estimate of drug-likeness (QED) is 0.114. The van der Waals surface area contributed by atoms with E-state index in [2.05, 4.69) is 84.1 Å². The van der Waals surface area contributed by atoms with E-state index in [0.717, 1.165) is 57.6 Å². The number of nitrogens with one attached hydrogen (secondary N) is 1. The summed E-state index contributed by atoms with van der Waals surface area (Å²) in [5, 5.41) is 16.8. The molecule has 1 unspecified atom stereocenters. The highest BCUT2D eigenvalue weighted by Gasteiger charge is 2.41. The molecule has 0 fully saturated rings. The number of tetrazole rings is 1. The van der Waals surface area contributed by atoms with Gasteiger partial charge in [-0.1, -0.05) is 146 Å². The molecule has 7 rings (SSSR count). The van der Waals surface area contributed by atoms with Gasteiger partial charge in [0.1, 0.15) is 0 Å². The van der Waals surface area contributed by atoms with E-state index in [9.17, 15) is 4.79 Å². The number of allylic oxidation sites excluding steroid dienone is 1. The first-order chi connectivity index (χ1) is 24.5. The zero-order valence-electron chi connectivity index (χ0n) is 28.5. The molecule has 0 bridgehead atoms. The van der Waals surface area contributed by atoms with Crippen LogP contribution >= 0.6 is 0 Å². The lowest BCUT2D eigenvalue weighted by Crippen LogP contribution is -2.41. The molecule has 1 N–H and O–H groups in total. The molecule has 2 heterocycles. The van der Waals surface area contributed by atoms with Gasteiger partial charge in [0.2, 0.25) is 5.82 Å². The molecule has 0 aliphatic carbocycles. The first-order valence-corrected chi connectivity index (χ1v) is 17.0. The van der Waals surface area contributed by atoms with Crippen molar-refractivity contribution in [1.82, 2.24) is 30.6 Å². The number of ether oxygens (including phenoxy) is 1. The Morgan fingerprint density at radius 1 is 0.760 bits per heavy atom. The van der Waals surface area contributed by atoms with Crippen LogP contribution in [0.25, 0.3) is 22.5 Å². The van der Waals surface area contributed by atoms with Gasteiger partial charge in [0.15, 0.2) is 5.54 Å². The van der Waals surface area contributed by atoms with Crippen molar-refractivity contribution in [3.05, 3.63) is 173 Å². The highest BCUT2D eigenvalue weighted by atomic mass is 16.5. The van der Waals surface area contributed by atoms with Crippen LogP contribution in [0.1, 0.15) is 42.5 Å². The van der Waals surface area contributed by atoms with Crippen molar-refractivity contribution in [3.63, 3.8) is 0 Å². The number of esters is 1. The van der Waals surface area contributed by atoms with E-state index in [1.54, 1.807) is 4.80 Å². The molecule has 0 saturated heterocycles. The number of aromatic nitrogens is 4. The summed E-state index contributed by atoms with van der Waals surface area (Å²) in [5.41, 5.74) is 11.2. The third-order valence-corrected chi connectivity index (χ3v) is 9.44. The second-order valence-electron chi connectivity index (χ2n) is 12.5. The van der Waals surface area contributed by atoms with Crippen LogP contribution < -0.4 is 5.43 Å². The van der Waals surface area contributed by atoms with Crippen LogP contribution in [-0.4, -0.2) is 50.9 Å². The van der Waals surface area contributed by atoms with Crippen LogP contribution in [0.3, 0.4) is 0 Å². The summed E-state index contributed by atoms with van der Waals surface area (Å²) in [6.45, 7) is 4.89. The third kappa shape index (κ3) is 5.99. The minimum atomic E-state index is -0.859. The zero-order valence-corrected chi connectivity index (χ0v) is 28.5. The van der Waals surface area contributed by atoms with Gasteiger partial charge in [0, 0.05) is 17.8 Å². The van der Waals surface area contributed by atoms with E-state index < -0.39 is 5.54 Å². The SMILES string of the molecule is CCCN1NC(C)=C(C(=O)OC)C1Cc1ccc(-c2ccccc2-c2nnn(C(c3ccccc3)(c3ccccc3)c3ccccc3)n2)cc1. The standard InChI is InChI=1S/C42H40N6O2/c1-4-28-47-38(39(30(2)44-47)41(49)50-3)29-31-24-26-32(27-25-31)36-22-14-15-23-37(36)40-43-46-48(45-40)42(33-16-8-5-9-17-33,34-18-10-6-11-19-34)35-20-12-7-13-21-35/h5-27,38,44H,4,28-29H2,1-3H3. The van der Waals surface area contributed by atoms with Crippen molar-refractivity contribution in [2.75, 3.05) is 13.7 Å². The smallest absolute Gasteiger partial charge is 0.337 e. The number of hydrazine groups is 1. The van der Waals surface area contributed by atoms with Crippen LogP contribution in [0.15, 0.2) is 151 Å². The molecule has 8 nitrogen and oxygen atoms in total. The number of carbonyl (C=O) groups excluding carboxylic acids is 1. The summed E-state index contributed by atoms with van der Waals surface area (Å²) in [6, 6.07) is 47.6. The van der Waals surface area contributed by atoms with E-state index in [1.165, 1.54) is 7.11 Å². The maximum atomic E-state index is 12.7. The fourth-order valence-corrected chi connectivity index (χ4v) is 7.15. The van der Waals surface area contributed by atoms with Crippen molar-refractivity contribution in [2.24, 2.45) is 0 Å². The fraction of sp³-hybridized carbons (Fsp3) is 0.190. The van der Waals surface area contributed by atoms with Crippen molar-refractivity contribution < 1.29 is 9.53 Å². The highest BCUT2D eigenvalue weighted by Crippen LogP contribution is 2.40. The van der Waals surface area contributed by atoms with Gasteiger partial charge in [-0.3, -0.25) is 0 Å². The van der Waals surface area contributed by atoms with Crippen LogP contribution in [-0.2, 0) is 21.5 Å². The summed E-state index contributed by atoms with van der Waals surface area (Å²) in [7, 11) is 1.44. The minimum absolute atomic E-state index is 0.112. The number of nitrogens with zero attached hydrogens (tertiary/aromatic N) is 5. The molecule has 6 aromatic rings. The maximum Gasteiger partial charge on any atom is 0.337 e. The van der Waals surface area contributed by atoms with Gasteiger partial charge >= 0.3 is 5.97 Å². The Morgan fingerprint density at radius 2 is 1.30 bits per heavy atom. The molecule has 1 aliphatic heterocycles. The normalized spacial score (nSPS) is 14.8.